The number of carbonyl (C=O) groups excluding carboxylic acids is 1. The zero-order chi connectivity index (χ0) is 13.7. The van der Waals surface area contributed by atoms with E-state index in [1.807, 2.05) is 0 Å². The molecule has 1 atom stereocenters. The molecule has 1 unspecified atom stereocenters. The van der Waals surface area contributed by atoms with Crippen molar-refractivity contribution in [2.75, 3.05) is 19.7 Å². The van der Waals surface area contributed by atoms with Gasteiger partial charge in [0.15, 0.2) is 0 Å². The molecule has 3 nitrogen and oxygen atoms in total. The number of nitrogens with zero attached hydrogens (tertiary/aromatic N) is 1. The fraction of sp³-hybridized carbons (Fsp3) is 0.533. The van der Waals surface area contributed by atoms with E-state index in [-0.39, 0.29) is 17.6 Å². The predicted molar refractivity (Wildman–Crippen MR) is 71.6 cm³/mol. The van der Waals surface area contributed by atoms with Crippen LogP contribution in [0.2, 0.25) is 0 Å². The number of halogens is 1. The van der Waals surface area contributed by atoms with Gasteiger partial charge in [0, 0.05) is 19.7 Å². The molecule has 0 aliphatic carbocycles. The molecular formula is C15H20FNO2. The van der Waals surface area contributed by atoms with Crippen molar-refractivity contribution < 1.29 is 13.9 Å². The molecule has 0 N–H and O–H groups in total. The second-order valence-electron chi connectivity index (χ2n) is 4.87. The van der Waals surface area contributed by atoms with Crippen molar-refractivity contribution in [1.82, 2.24) is 4.90 Å². The van der Waals surface area contributed by atoms with E-state index in [9.17, 15) is 9.18 Å². The van der Waals surface area contributed by atoms with Gasteiger partial charge in [-0.15, -0.1) is 0 Å². The molecule has 0 saturated carbocycles. The maximum absolute atomic E-state index is 13.6. The lowest BCUT2D eigenvalue weighted by Gasteiger charge is -2.32. The Hall–Kier alpha value is -1.42. The van der Waals surface area contributed by atoms with E-state index in [1.54, 1.807) is 17.0 Å². The molecule has 0 radical (unpaired) electrons. The number of amides is 1. The van der Waals surface area contributed by atoms with Gasteiger partial charge in [-0.1, -0.05) is 19.1 Å². The van der Waals surface area contributed by atoms with Gasteiger partial charge in [0.25, 0.3) is 5.91 Å². The Labute approximate surface area is 113 Å². The smallest absolute Gasteiger partial charge is 0.256 e. The summed E-state index contributed by atoms with van der Waals surface area (Å²) in [7, 11) is 0. The number of carbonyl (C=O) groups is 1. The minimum atomic E-state index is -0.455. The van der Waals surface area contributed by atoms with Crippen LogP contribution in [0.15, 0.2) is 24.3 Å². The summed E-state index contributed by atoms with van der Waals surface area (Å²) in [6, 6.07) is 6.14. The van der Waals surface area contributed by atoms with Gasteiger partial charge in [-0.05, 0) is 31.4 Å². The number of rotatable bonds is 4. The van der Waals surface area contributed by atoms with Gasteiger partial charge in [0.2, 0.25) is 0 Å². The molecule has 1 aromatic rings. The summed E-state index contributed by atoms with van der Waals surface area (Å²) in [6.45, 7) is 4.02. The normalized spacial score (nSPS) is 19.5. The second kappa shape index (κ2) is 6.66. The van der Waals surface area contributed by atoms with Crippen LogP contribution in [0, 0.1) is 5.82 Å². The maximum Gasteiger partial charge on any atom is 0.256 e. The Kier molecular flexibility index (Phi) is 4.91. The van der Waals surface area contributed by atoms with Crippen LogP contribution >= 0.6 is 0 Å². The van der Waals surface area contributed by atoms with Crippen LogP contribution in [0.25, 0.3) is 0 Å². The summed E-state index contributed by atoms with van der Waals surface area (Å²) in [5.41, 5.74) is 0.152. The first-order valence-electron chi connectivity index (χ1n) is 6.87. The van der Waals surface area contributed by atoms with E-state index in [4.69, 9.17) is 4.74 Å². The molecule has 1 amide bonds. The highest BCUT2D eigenvalue weighted by Gasteiger charge is 2.26. The summed E-state index contributed by atoms with van der Waals surface area (Å²) in [4.78, 5) is 14.0. The molecule has 0 bridgehead atoms. The minimum Gasteiger partial charge on any atom is -0.376 e. The molecule has 1 aliphatic rings. The van der Waals surface area contributed by atoms with Gasteiger partial charge < -0.3 is 9.64 Å². The first-order valence-corrected chi connectivity index (χ1v) is 6.87. The van der Waals surface area contributed by atoms with Gasteiger partial charge >= 0.3 is 0 Å². The van der Waals surface area contributed by atoms with Crippen LogP contribution in [-0.4, -0.2) is 36.6 Å². The van der Waals surface area contributed by atoms with Crippen LogP contribution in [0.4, 0.5) is 4.39 Å². The summed E-state index contributed by atoms with van der Waals surface area (Å²) >= 11 is 0. The van der Waals surface area contributed by atoms with Crippen molar-refractivity contribution in [3.8, 4) is 0 Å². The van der Waals surface area contributed by atoms with Crippen molar-refractivity contribution in [3.63, 3.8) is 0 Å². The first kappa shape index (κ1) is 14.0. The Morgan fingerprint density at radius 1 is 1.47 bits per heavy atom. The molecule has 19 heavy (non-hydrogen) atoms. The van der Waals surface area contributed by atoms with Crippen molar-refractivity contribution in [2.24, 2.45) is 0 Å². The number of hydrogen-bond donors (Lipinski definition) is 0. The van der Waals surface area contributed by atoms with Gasteiger partial charge in [-0.25, -0.2) is 4.39 Å². The fourth-order valence-corrected chi connectivity index (χ4v) is 2.35. The third-order valence-corrected chi connectivity index (χ3v) is 3.33. The first-order chi connectivity index (χ1) is 9.22. The predicted octanol–water partition coefficient (Wildman–Crippen LogP) is 2.86. The third kappa shape index (κ3) is 3.53. The molecule has 1 aliphatic heterocycles. The van der Waals surface area contributed by atoms with Crippen LogP contribution in [0.1, 0.15) is 36.5 Å². The summed E-state index contributed by atoms with van der Waals surface area (Å²) in [5, 5.41) is 0. The zero-order valence-electron chi connectivity index (χ0n) is 11.3. The highest BCUT2D eigenvalue weighted by molar-refractivity contribution is 5.94. The van der Waals surface area contributed by atoms with Crippen molar-refractivity contribution in [3.05, 3.63) is 35.6 Å². The standard InChI is InChI=1S/C15H20FNO2/c1-2-10-19-12-6-5-9-17(11-12)15(18)13-7-3-4-8-14(13)16/h3-4,7-8,12H,2,5-6,9-11H2,1H3. The average Bonchev–Trinajstić information content (AvgIpc) is 2.45. The number of piperidine rings is 1. The van der Waals surface area contributed by atoms with E-state index >= 15 is 0 Å². The monoisotopic (exact) mass is 265 g/mol. The van der Waals surface area contributed by atoms with Crippen molar-refractivity contribution in [1.29, 1.82) is 0 Å². The molecule has 0 spiro atoms. The lowest BCUT2D eigenvalue weighted by molar-refractivity contribution is 0.00196. The quantitative estimate of drug-likeness (QED) is 0.837. The molecule has 1 fully saturated rings. The van der Waals surface area contributed by atoms with Gasteiger partial charge in [0.1, 0.15) is 5.82 Å². The van der Waals surface area contributed by atoms with Gasteiger partial charge in [-0.3, -0.25) is 4.79 Å². The molecule has 1 saturated heterocycles. The summed E-state index contributed by atoms with van der Waals surface area (Å²) in [6.07, 6.45) is 2.94. The summed E-state index contributed by atoms with van der Waals surface area (Å²) < 4.78 is 19.3. The van der Waals surface area contributed by atoms with Crippen LogP contribution < -0.4 is 0 Å². The average molecular weight is 265 g/mol. The Morgan fingerprint density at radius 2 is 2.26 bits per heavy atom. The second-order valence-corrected chi connectivity index (χ2v) is 4.87. The Balaban J connectivity index is 2.01. The number of benzene rings is 1. The van der Waals surface area contributed by atoms with E-state index < -0.39 is 5.82 Å². The van der Waals surface area contributed by atoms with Gasteiger partial charge in [0.05, 0.1) is 11.7 Å². The SMILES string of the molecule is CCCOC1CCCN(C(=O)c2ccccc2F)C1. The molecule has 0 aromatic heterocycles. The largest absolute Gasteiger partial charge is 0.376 e. The minimum absolute atomic E-state index is 0.0874. The van der Waals surface area contributed by atoms with Gasteiger partial charge in [-0.2, -0.15) is 0 Å². The van der Waals surface area contributed by atoms with Crippen molar-refractivity contribution in [2.45, 2.75) is 32.3 Å². The third-order valence-electron chi connectivity index (χ3n) is 3.33. The zero-order valence-corrected chi connectivity index (χ0v) is 11.3. The molecule has 4 heteroatoms. The van der Waals surface area contributed by atoms with E-state index in [0.717, 1.165) is 19.3 Å². The Bertz CT molecular complexity index is 436. The highest BCUT2D eigenvalue weighted by Crippen LogP contribution is 2.17. The molecular weight excluding hydrogens is 245 g/mol. The topological polar surface area (TPSA) is 29.5 Å². The van der Waals surface area contributed by atoms with E-state index in [1.165, 1.54) is 12.1 Å². The molecule has 1 aromatic carbocycles. The number of hydrogen-bond acceptors (Lipinski definition) is 2. The molecule has 2 rings (SSSR count). The fourth-order valence-electron chi connectivity index (χ4n) is 2.35. The van der Waals surface area contributed by atoms with E-state index in [2.05, 4.69) is 6.92 Å². The van der Waals surface area contributed by atoms with Crippen molar-refractivity contribution >= 4 is 5.91 Å². The van der Waals surface area contributed by atoms with Crippen LogP contribution in [0.3, 0.4) is 0 Å². The molecule has 1 heterocycles. The lowest BCUT2D eigenvalue weighted by Crippen LogP contribution is -2.43. The number of likely N-dealkylation sites (tertiary alicyclic amines) is 1. The number of ether oxygens (including phenoxy) is 1. The van der Waals surface area contributed by atoms with Crippen LogP contribution in [0.5, 0.6) is 0 Å². The lowest BCUT2D eigenvalue weighted by atomic mass is 10.1. The summed E-state index contributed by atoms with van der Waals surface area (Å²) in [5.74, 6) is -0.688. The van der Waals surface area contributed by atoms with Crippen LogP contribution in [-0.2, 0) is 4.74 Å². The molecule has 104 valence electrons. The maximum atomic E-state index is 13.6. The highest BCUT2D eigenvalue weighted by atomic mass is 19.1. The Morgan fingerprint density at radius 3 is 3.00 bits per heavy atom. The van der Waals surface area contributed by atoms with E-state index in [0.29, 0.717) is 19.7 Å².